The van der Waals surface area contributed by atoms with Crippen molar-refractivity contribution >= 4 is 21.8 Å². The highest BCUT2D eigenvalue weighted by Gasteiger charge is 2.24. The average molecular weight is 247 g/mol. The molecule has 4 heteroatoms. The first kappa shape index (κ1) is 10.7. The zero-order valence-corrected chi connectivity index (χ0v) is 9.89. The maximum absolute atomic E-state index is 10.5. The van der Waals surface area contributed by atoms with Gasteiger partial charge in [0, 0.05) is 5.92 Å². The minimum absolute atomic E-state index is 0.0315. The van der Waals surface area contributed by atoms with Crippen molar-refractivity contribution in [1.29, 1.82) is 0 Å². The first-order chi connectivity index (χ1) is 8.25. The number of rotatable bonds is 3. The topological polar surface area (TPSA) is 43.4 Å². The Kier molecular flexibility index (Phi) is 2.61. The van der Waals surface area contributed by atoms with Crippen molar-refractivity contribution in [3.05, 3.63) is 54.1 Å². The summed E-state index contributed by atoms with van der Waals surface area (Å²) < 4.78 is 25.5. The highest BCUT2D eigenvalue weighted by atomic mass is 32.2. The normalized spacial score (nSPS) is 18.1. The van der Waals surface area contributed by atoms with Gasteiger partial charge in [-0.3, -0.25) is 4.18 Å². The van der Waals surface area contributed by atoms with E-state index in [0.29, 0.717) is 0 Å². The minimum Gasteiger partial charge on any atom is -0.265 e. The lowest BCUT2D eigenvalue weighted by molar-refractivity contribution is 0.382. The van der Waals surface area contributed by atoms with Crippen LogP contribution in [0, 0.1) is 6.61 Å². The predicted octanol–water partition coefficient (Wildman–Crippen LogP) is 2.18. The molecule has 0 heterocycles. The Labute approximate surface area is 101 Å². The quantitative estimate of drug-likeness (QED) is 0.845. The maximum Gasteiger partial charge on any atom is 0.257 e. The van der Waals surface area contributed by atoms with Gasteiger partial charge in [0.25, 0.3) is 11.0 Å². The van der Waals surface area contributed by atoms with Crippen molar-refractivity contribution in [1.82, 2.24) is 0 Å². The second-order valence-corrected chi connectivity index (χ2v) is 4.80. The van der Waals surface area contributed by atoms with Crippen LogP contribution >= 0.6 is 0 Å². The van der Waals surface area contributed by atoms with Gasteiger partial charge in [-0.1, -0.05) is 36.4 Å². The summed E-state index contributed by atoms with van der Waals surface area (Å²) in [7, 11) is -2.81. The van der Waals surface area contributed by atoms with E-state index < -0.39 is 11.0 Å². The van der Waals surface area contributed by atoms with Crippen LogP contribution in [0.4, 0.5) is 0 Å². The number of benzene rings is 2. The van der Waals surface area contributed by atoms with Crippen molar-refractivity contribution in [2.75, 3.05) is 0 Å². The second-order valence-electron chi connectivity index (χ2n) is 4.14. The van der Waals surface area contributed by atoms with Crippen molar-refractivity contribution in [3.63, 3.8) is 0 Å². The Balaban J connectivity index is 2.03. The maximum atomic E-state index is 10.5. The van der Waals surface area contributed by atoms with Crippen LogP contribution in [0.25, 0.3) is 10.8 Å². The van der Waals surface area contributed by atoms with Gasteiger partial charge >= 0.3 is 0 Å². The zero-order chi connectivity index (χ0) is 11.8. The van der Waals surface area contributed by atoms with Gasteiger partial charge in [0.15, 0.2) is 0 Å². The third kappa shape index (κ3) is 1.83. The molecule has 0 aliphatic heterocycles. The number of thiol groups is 1. The molecule has 0 saturated carbocycles. The fourth-order valence-corrected chi connectivity index (χ4v) is 2.77. The SMILES string of the molecule is O=[SH](=O)O[CH]C1Cc2cccc3cccc1c23. The van der Waals surface area contributed by atoms with Gasteiger partial charge in [0.05, 0.1) is 0 Å². The molecule has 1 atom stereocenters. The zero-order valence-electron chi connectivity index (χ0n) is 9.00. The summed E-state index contributed by atoms with van der Waals surface area (Å²) in [4.78, 5) is 0. The van der Waals surface area contributed by atoms with Gasteiger partial charge in [-0.05, 0) is 28.3 Å². The van der Waals surface area contributed by atoms with Crippen LogP contribution < -0.4 is 0 Å². The molecule has 3 rings (SSSR count). The Morgan fingerprint density at radius 3 is 2.71 bits per heavy atom. The molecule has 0 bridgehead atoms. The van der Waals surface area contributed by atoms with E-state index in [1.165, 1.54) is 22.9 Å². The van der Waals surface area contributed by atoms with Crippen molar-refractivity contribution in [3.8, 4) is 0 Å². The first-order valence-corrected chi connectivity index (χ1v) is 6.50. The lowest BCUT2D eigenvalue weighted by Gasteiger charge is -2.07. The molecule has 17 heavy (non-hydrogen) atoms. The molecular weight excluding hydrogens is 236 g/mol. The van der Waals surface area contributed by atoms with Crippen LogP contribution in [0.3, 0.4) is 0 Å². The average Bonchev–Trinajstić information content (AvgIpc) is 2.68. The van der Waals surface area contributed by atoms with Gasteiger partial charge in [0.1, 0.15) is 6.61 Å². The second kappa shape index (κ2) is 4.13. The summed E-state index contributed by atoms with van der Waals surface area (Å²) in [5.41, 5.74) is 2.40. The van der Waals surface area contributed by atoms with E-state index in [1.807, 2.05) is 18.2 Å². The summed E-state index contributed by atoms with van der Waals surface area (Å²) in [6, 6.07) is 12.3. The monoisotopic (exact) mass is 247 g/mol. The van der Waals surface area contributed by atoms with Gasteiger partial charge in [-0.2, -0.15) is 0 Å². The van der Waals surface area contributed by atoms with Crippen LogP contribution in [0.15, 0.2) is 36.4 Å². The summed E-state index contributed by atoms with van der Waals surface area (Å²) in [6.45, 7) is 1.42. The van der Waals surface area contributed by atoms with Gasteiger partial charge in [-0.15, -0.1) is 0 Å². The standard InChI is InChI=1S/C13H11O3S/c14-17(15)16-8-11-7-10-5-1-3-9-4-2-6-12(11)13(9)10/h1-6,8,11,17H,7H2. The molecule has 0 N–H and O–H groups in total. The summed E-state index contributed by atoms with van der Waals surface area (Å²) in [5, 5.41) is 2.43. The minimum atomic E-state index is -2.81. The van der Waals surface area contributed by atoms with Crippen molar-refractivity contribution in [2.24, 2.45) is 0 Å². The van der Waals surface area contributed by atoms with Crippen molar-refractivity contribution < 1.29 is 12.6 Å². The molecule has 0 amide bonds. The summed E-state index contributed by atoms with van der Waals surface area (Å²) >= 11 is 0. The molecule has 2 aromatic carbocycles. The summed E-state index contributed by atoms with van der Waals surface area (Å²) in [5.74, 6) is 0.0315. The molecule has 87 valence electrons. The molecule has 2 aromatic rings. The molecule has 0 fully saturated rings. The van der Waals surface area contributed by atoms with E-state index in [2.05, 4.69) is 22.4 Å². The van der Waals surface area contributed by atoms with Gasteiger partial charge in [-0.25, -0.2) is 8.42 Å². The van der Waals surface area contributed by atoms with Crippen molar-refractivity contribution in [2.45, 2.75) is 12.3 Å². The molecule has 0 aromatic heterocycles. The van der Waals surface area contributed by atoms with E-state index in [9.17, 15) is 8.42 Å². The lowest BCUT2D eigenvalue weighted by atomic mass is 10.0. The van der Waals surface area contributed by atoms with Gasteiger partial charge < -0.3 is 0 Å². The van der Waals surface area contributed by atoms with E-state index in [4.69, 9.17) is 0 Å². The predicted molar refractivity (Wildman–Crippen MR) is 66.1 cm³/mol. The Morgan fingerprint density at radius 2 is 1.94 bits per heavy atom. The highest BCUT2D eigenvalue weighted by molar-refractivity contribution is 7.67. The highest BCUT2D eigenvalue weighted by Crippen LogP contribution is 2.39. The Bertz CT molecular complexity index is 633. The Morgan fingerprint density at radius 1 is 1.18 bits per heavy atom. The lowest BCUT2D eigenvalue weighted by Crippen LogP contribution is -1.99. The number of hydrogen-bond donors (Lipinski definition) is 1. The third-order valence-corrected chi connectivity index (χ3v) is 3.47. The van der Waals surface area contributed by atoms with Crippen LogP contribution in [-0.4, -0.2) is 8.42 Å². The largest absolute Gasteiger partial charge is 0.265 e. The van der Waals surface area contributed by atoms with E-state index in [0.717, 1.165) is 12.0 Å². The molecule has 0 saturated heterocycles. The van der Waals surface area contributed by atoms with Crippen LogP contribution in [0.1, 0.15) is 17.0 Å². The molecule has 1 aliphatic carbocycles. The molecular formula is C13H11O3S. The number of hydrogen-bond acceptors (Lipinski definition) is 3. The Hall–Kier alpha value is -1.39. The first-order valence-electron chi connectivity index (χ1n) is 5.41. The van der Waals surface area contributed by atoms with Crippen LogP contribution in [0.2, 0.25) is 0 Å². The van der Waals surface area contributed by atoms with Gasteiger partial charge in [0.2, 0.25) is 0 Å². The molecule has 3 nitrogen and oxygen atoms in total. The third-order valence-electron chi connectivity index (χ3n) is 3.17. The molecule has 1 unspecified atom stereocenters. The fourth-order valence-electron chi connectivity index (χ4n) is 2.52. The van der Waals surface area contributed by atoms with E-state index in [-0.39, 0.29) is 5.92 Å². The molecule has 0 spiro atoms. The van der Waals surface area contributed by atoms with Crippen LogP contribution in [-0.2, 0) is 21.6 Å². The molecule has 1 radical (unpaired) electrons. The smallest absolute Gasteiger partial charge is 0.257 e. The molecule has 1 aliphatic rings. The fraction of sp³-hybridized carbons (Fsp3) is 0.154. The van der Waals surface area contributed by atoms with Crippen LogP contribution in [0.5, 0.6) is 0 Å². The summed E-state index contributed by atoms with van der Waals surface area (Å²) in [6.07, 6.45) is 0.805. The van der Waals surface area contributed by atoms with E-state index >= 15 is 0 Å². The van der Waals surface area contributed by atoms with E-state index in [1.54, 1.807) is 0 Å².